The van der Waals surface area contributed by atoms with Gasteiger partial charge in [-0.15, -0.1) is 0 Å². The number of rotatable bonds is 0. The number of piperidine rings is 1. The molecule has 2 nitrogen and oxygen atoms in total. The van der Waals surface area contributed by atoms with Gasteiger partial charge >= 0.3 is 0 Å². The van der Waals surface area contributed by atoms with Crippen LogP contribution in [0.1, 0.15) is 43.2 Å². The first-order chi connectivity index (χ1) is 9.93. The van der Waals surface area contributed by atoms with Crippen molar-refractivity contribution in [1.82, 2.24) is 5.32 Å². The normalized spacial score (nSPS) is 29.8. The molecule has 3 aliphatic rings. The Morgan fingerprint density at radius 2 is 1.90 bits per heavy atom. The molecule has 0 bridgehead atoms. The van der Waals surface area contributed by atoms with Crippen LogP contribution >= 0.6 is 0 Å². The SMILES string of the molecule is c1ccc2c(c1)COC1CCCC1C2=C1CCNCC1. The molecule has 106 valence electrons. The first-order valence-electron chi connectivity index (χ1n) is 8.06. The Labute approximate surface area is 121 Å². The van der Waals surface area contributed by atoms with E-state index in [9.17, 15) is 0 Å². The molecule has 0 aromatic heterocycles. The van der Waals surface area contributed by atoms with E-state index in [1.54, 1.807) is 11.1 Å². The molecule has 2 aliphatic heterocycles. The molecular weight excluding hydrogens is 246 g/mol. The van der Waals surface area contributed by atoms with Crippen molar-refractivity contribution in [3.63, 3.8) is 0 Å². The zero-order valence-corrected chi connectivity index (χ0v) is 12.0. The number of benzene rings is 1. The monoisotopic (exact) mass is 269 g/mol. The first-order valence-corrected chi connectivity index (χ1v) is 8.06. The molecule has 2 unspecified atom stereocenters. The number of hydrogen-bond donors (Lipinski definition) is 1. The summed E-state index contributed by atoms with van der Waals surface area (Å²) >= 11 is 0. The van der Waals surface area contributed by atoms with Crippen molar-refractivity contribution < 1.29 is 4.74 Å². The van der Waals surface area contributed by atoms with Crippen LogP contribution in [0.25, 0.3) is 5.57 Å². The average Bonchev–Trinajstić information content (AvgIpc) is 2.90. The molecule has 1 N–H and O–H groups in total. The van der Waals surface area contributed by atoms with Crippen LogP contribution in [-0.4, -0.2) is 19.2 Å². The lowest BCUT2D eigenvalue weighted by atomic mass is 9.82. The van der Waals surface area contributed by atoms with E-state index in [4.69, 9.17) is 4.74 Å². The number of ether oxygens (including phenoxy) is 1. The molecule has 4 rings (SSSR count). The third-order valence-electron chi connectivity index (χ3n) is 5.17. The summed E-state index contributed by atoms with van der Waals surface area (Å²) in [6.07, 6.45) is 6.77. The first kappa shape index (κ1) is 12.6. The molecule has 1 aromatic carbocycles. The van der Waals surface area contributed by atoms with Crippen LogP contribution < -0.4 is 5.32 Å². The van der Waals surface area contributed by atoms with Crippen LogP contribution in [-0.2, 0) is 11.3 Å². The molecule has 1 aliphatic carbocycles. The molecule has 0 amide bonds. The lowest BCUT2D eigenvalue weighted by Crippen LogP contribution is -2.25. The van der Waals surface area contributed by atoms with E-state index in [1.807, 2.05) is 0 Å². The Bertz CT molecular complexity index is 526. The van der Waals surface area contributed by atoms with Gasteiger partial charge < -0.3 is 10.1 Å². The third kappa shape index (κ3) is 2.11. The van der Waals surface area contributed by atoms with E-state index in [2.05, 4.69) is 29.6 Å². The summed E-state index contributed by atoms with van der Waals surface area (Å²) < 4.78 is 6.22. The minimum absolute atomic E-state index is 0.458. The lowest BCUT2D eigenvalue weighted by molar-refractivity contribution is 0.0330. The maximum atomic E-state index is 6.22. The van der Waals surface area contributed by atoms with E-state index in [-0.39, 0.29) is 0 Å². The van der Waals surface area contributed by atoms with Crippen LogP contribution in [0.3, 0.4) is 0 Å². The van der Waals surface area contributed by atoms with E-state index in [0.29, 0.717) is 12.0 Å². The van der Waals surface area contributed by atoms with E-state index < -0.39 is 0 Å². The van der Waals surface area contributed by atoms with Crippen molar-refractivity contribution in [2.75, 3.05) is 13.1 Å². The highest BCUT2D eigenvalue weighted by atomic mass is 16.5. The second-order valence-electron chi connectivity index (χ2n) is 6.31. The van der Waals surface area contributed by atoms with Gasteiger partial charge in [-0.25, -0.2) is 0 Å². The van der Waals surface area contributed by atoms with Crippen molar-refractivity contribution in [1.29, 1.82) is 0 Å². The summed E-state index contributed by atoms with van der Waals surface area (Å²) in [7, 11) is 0. The van der Waals surface area contributed by atoms with Crippen molar-refractivity contribution in [3.8, 4) is 0 Å². The molecule has 2 atom stereocenters. The molecule has 2 heterocycles. The number of nitrogens with one attached hydrogen (secondary N) is 1. The Balaban J connectivity index is 1.85. The quantitative estimate of drug-likeness (QED) is 0.778. The van der Waals surface area contributed by atoms with Crippen LogP contribution in [0.5, 0.6) is 0 Å². The summed E-state index contributed by atoms with van der Waals surface area (Å²) in [5, 5.41) is 3.49. The van der Waals surface area contributed by atoms with Gasteiger partial charge in [0, 0.05) is 5.92 Å². The number of hydrogen-bond acceptors (Lipinski definition) is 2. The second kappa shape index (κ2) is 5.34. The van der Waals surface area contributed by atoms with E-state index >= 15 is 0 Å². The van der Waals surface area contributed by atoms with Gasteiger partial charge in [-0.1, -0.05) is 36.3 Å². The van der Waals surface area contributed by atoms with Crippen molar-refractivity contribution in [3.05, 3.63) is 41.0 Å². The summed E-state index contributed by atoms with van der Waals surface area (Å²) in [5.74, 6) is 0.645. The Hall–Kier alpha value is -1.12. The van der Waals surface area contributed by atoms with Crippen LogP contribution in [0.4, 0.5) is 0 Å². The molecule has 20 heavy (non-hydrogen) atoms. The van der Waals surface area contributed by atoms with Gasteiger partial charge in [0.05, 0.1) is 12.7 Å². The lowest BCUT2D eigenvalue weighted by Gasteiger charge is -2.26. The Morgan fingerprint density at radius 3 is 2.80 bits per heavy atom. The minimum atomic E-state index is 0.458. The molecular formula is C18H23NO. The maximum Gasteiger partial charge on any atom is 0.0726 e. The predicted octanol–water partition coefficient (Wildman–Crippen LogP) is 3.52. The van der Waals surface area contributed by atoms with Gasteiger partial charge in [0.15, 0.2) is 0 Å². The van der Waals surface area contributed by atoms with Gasteiger partial charge in [-0.05, 0) is 55.5 Å². The maximum absolute atomic E-state index is 6.22. The standard InChI is InChI=1S/C18H23NO/c1-2-5-15-14(4-1)12-20-17-7-3-6-16(17)18(15)13-8-10-19-11-9-13/h1-2,4-5,16-17,19H,3,6-12H2. The van der Waals surface area contributed by atoms with E-state index in [1.165, 1.54) is 43.2 Å². The highest BCUT2D eigenvalue weighted by Crippen LogP contribution is 2.45. The fourth-order valence-electron chi connectivity index (χ4n) is 4.21. The van der Waals surface area contributed by atoms with E-state index in [0.717, 1.165) is 19.7 Å². The number of fused-ring (bicyclic) bond motifs is 2. The summed E-state index contributed by atoms with van der Waals surface area (Å²) in [4.78, 5) is 0. The summed E-state index contributed by atoms with van der Waals surface area (Å²) in [5.41, 5.74) is 6.22. The highest BCUT2D eigenvalue weighted by molar-refractivity contribution is 5.74. The smallest absolute Gasteiger partial charge is 0.0726 e. The van der Waals surface area contributed by atoms with Crippen molar-refractivity contribution >= 4 is 5.57 Å². The highest BCUT2D eigenvalue weighted by Gasteiger charge is 2.36. The molecule has 2 fully saturated rings. The zero-order chi connectivity index (χ0) is 13.4. The molecule has 1 aromatic rings. The van der Waals surface area contributed by atoms with Crippen LogP contribution in [0, 0.1) is 5.92 Å². The topological polar surface area (TPSA) is 21.3 Å². The summed E-state index contributed by atoms with van der Waals surface area (Å²) in [6, 6.07) is 8.91. The fourth-order valence-corrected chi connectivity index (χ4v) is 4.21. The average molecular weight is 269 g/mol. The van der Waals surface area contributed by atoms with Gasteiger partial charge in [0.2, 0.25) is 0 Å². The van der Waals surface area contributed by atoms with Crippen LogP contribution in [0.15, 0.2) is 29.8 Å². The minimum Gasteiger partial charge on any atom is -0.373 e. The predicted molar refractivity (Wildman–Crippen MR) is 81.4 cm³/mol. The molecule has 1 saturated carbocycles. The van der Waals surface area contributed by atoms with Gasteiger partial charge in [0.1, 0.15) is 0 Å². The van der Waals surface area contributed by atoms with Crippen LogP contribution in [0.2, 0.25) is 0 Å². The Kier molecular flexibility index (Phi) is 3.37. The Morgan fingerprint density at radius 1 is 1.05 bits per heavy atom. The van der Waals surface area contributed by atoms with Crippen molar-refractivity contribution in [2.45, 2.75) is 44.8 Å². The van der Waals surface area contributed by atoms with Gasteiger partial charge in [-0.3, -0.25) is 0 Å². The van der Waals surface area contributed by atoms with Crippen molar-refractivity contribution in [2.24, 2.45) is 5.92 Å². The summed E-state index contributed by atoms with van der Waals surface area (Å²) in [6.45, 7) is 3.07. The largest absolute Gasteiger partial charge is 0.373 e. The molecule has 0 radical (unpaired) electrons. The molecule has 1 saturated heterocycles. The molecule has 0 spiro atoms. The zero-order valence-electron chi connectivity index (χ0n) is 12.0. The van der Waals surface area contributed by atoms with Gasteiger partial charge in [0.25, 0.3) is 0 Å². The third-order valence-corrected chi connectivity index (χ3v) is 5.17. The second-order valence-corrected chi connectivity index (χ2v) is 6.31. The fraction of sp³-hybridized carbons (Fsp3) is 0.556. The van der Waals surface area contributed by atoms with Gasteiger partial charge in [-0.2, -0.15) is 0 Å². The molecule has 2 heteroatoms.